The summed E-state index contributed by atoms with van der Waals surface area (Å²) in [5, 5.41) is 9.95. The molecule has 0 aliphatic rings. The highest BCUT2D eigenvalue weighted by molar-refractivity contribution is 7.99. The van der Waals surface area contributed by atoms with Gasteiger partial charge in [0.1, 0.15) is 0 Å². The van der Waals surface area contributed by atoms with Crippen LogP contribution in [0.25, 0.3) is 0 Å². The molecule has 2 aromatic heterocycles. The SMILES string of the molecule is CCCn1c(SCC(=O)Nc2ncc(Cl)cc2Cl)n[nH]c1=O. The minimum absolute atomic E-state index is 0.0780. The second-order valence-electron chi connectivity index (χ2n) is 4.28. The molecule has 0 aromatic carbocycles. The minimum Gasteiger partial charge on any atom is -0.309 e. The van der Waals surface area contributed by atoms with Crippen LogP contribution in [-0.4, -0.2) is 31.4 Å². The summed E-state index contributed by atoms with van der Waals surface area (Å²) in [5.41, 5.74) is -0.285. The Labute approximate surface area is 140 Å². The molecule has 0 atom stereocenters. The highest BCUT2D eigenvalue weighted by Gasteiger charge is 2.12. The van der Waals surface area contributed by atoms with E-state index in [4.69, 9.17) is 23.2 Å². The lowest BCUT2D eigenvalue weighted by Crippen LogP contribution is -2.19. The third-order valence-corrected chi connectivity index (χ3v) is 4.04. The van der Waals surface area contributed by atoms with Crippen molar-refractivity contribution in [2.75, 3.05) is 11.1 Å². The summed E-state index contributed by atoms with van der Waals surface area (Å²) in [5.74, 6) is 0.0131. The van der Waals surface area contributed by atoms with Crippen LogP contribution in [0.2, 0.25) is 10.0 Å². The van der Waals surface area contributed by atoms with Crippen LogP contribution in [0, 0.1) is 0 Å². The summed E-state index contributed by atoms with van der Waals surface area (Å²) in [4.78, 5) is 27.4. The molecular formula is C12H13Cl2N5O2S. The molecule has 0 aliphatic heterocycles. The number of rotatable bonds is 6. The molecule has 0 radical (unpaired) electrons. The molecule has 10 heteroatoms. The first-order valence-electron chi connectivity index (χ1n) is 6.40. The first-order chi connectivity index (χ1) is 10.5. The first kappa shape index (κ1) is 16.9. The van der Waals surface area contributed by atoms with E-state index < -0.39 is 0 Å². The van der Waals surface area contributed by atoms with Gasteiger partial charge in [-0.25, -0.2) is 14.9 Å². The van der Waals surface area contributed by atoms with E-state index in [1.807, 2.05) is 6.92 Å². The molecule has 0 saturated heterocycles. The molecule has 0 aliphatic carbocycles. The van der Waals surface area contributed by atoms with Crippen LogP contribution in [0.15, 0.2) is 22.2 Å². The van der Waals surface area contributed by atoms with E-state index in [9.17, 15) is 9.59 Å². The maximum atomic E-state index is 11.9. The molecule has 2 heterocycles. The Kier molecular flexibility index (Phi) is 5.87. The number of anilines is 1. The maximum Gasteiger partial charge on any atom is 0.343 e. The molecule has 22 heavy (non-hydrogen) atoms. The fourth-order valence-corrected chi connectivity index (χ4v) is 2.84. The lowest BCUT2D eigenvalue weighted by Gasteiger charge is -2.06. The number of hydrogen-bond acceptors (Lipinski definition) is 5. The van der Waals surface area contributed by atoms with Gasteiger partial charge < -0.3 is 5.32 Å². The van der Waals surface area contributed by atoms with Crippen molar-refractivity contribution in [2.45, 2.75) is 25.0 Å². The van der Waals surface area contributed by atoms with Crippen LogP contribution in [0.5, 0.6) is 0 Å². The topological polar surface area (TPSA) is 92.7 Å². The van der Waals surface area contributed by atoms with Crippen molar-refractivity contribution in [1.29, 1.82) is 0 Å². The van der Waals surface area contributed by atoms with E-state index in [0.717, 1.165) is 18.2 Å². The Morgan fingerprint density at radius 1 is 1.50 bits per heavy atom. The number of thioether (sulfide) groups is 1. The van der Waals surface area contributed by atoms with Crippen LogP contribution < -0.4 is 11.0 Å². The zero-order valence-corrected chi connectivity index (χ0v) is 13.9. The normalized spacial score (nSPS) is 10.7. The number of nitrogens with one attached hydrogen (secondary N) is 2. The van der Waals surface area contributed by atoms with Gasteiger partial charge >= 0.3 is 5.69 Å². The average Bonchev–Trinajstić information content (AvgIpc) is 2.81. The summed E-state index contributed by atoms with van der Waals surface area (Å²) < 4.78 is 1.49. The molecule has 0 fully saturated rings. The Hall–Kier alpha value is -1.51. The Bertz CT molecular complexity index is 731. The minimum atomic E-state index is -0.305. The van der Waals surface area contributed by atoms with Crippen LogP contribution in [-0.2, 0) is 11.3 Å². The van der Waals surface area contributed by atoms with Gasteiger partial charge in [-0.15, -0.1) is 5.10 Å². The highest BCUT2D eigenvalue weighted by atomic mass is 35.5. The number of nitrogens with zero attached hydrogens (tertiary/aromatic N) is 3. The van der Waals surface area contributed by atoms with Gasteiger partial charge in [-0.05, 0) is 12.5 Å². The zero-order chi connectivity index (χ0) is 16.1. The quantitative estimate of drug-likeness (QED) is 0.770. The smallest absolute Gasteiger partial charge is 0.309 e. The molecule has 1 amide bonds. The van der Waals surface area contributed by atoms with Gasteiger partial charge in [0.25, 0.3) is 0 Å². The van der Waals surface area contributed by atoms with E-state index >= 15 is 0 Å². The van der Waals surface area contributed by atoms with Crippen molar-refractivity contribution in [3.8, 4) is 0 Å². The van der Waals surface area contributed by atoms with Gasteiger partial charge in [0, 0.05) is 12.7 Å². The molecule has 0 saturated carbocycles. The lowest BCUT2D eigenvalue weighted by atomic mass is 10.4. The fraction of sp³-hybridized carbons (Fsp3) is 0.333. The Morgan fingerprint density at radius 2 is 2.27 bits per heavy atom. The Balaban J connectivity index is 1.97. The van der Waals surface area contributed by atoms with E-state index in [2.05, 4.69) is 20.5 Å². The number of hydrogen-bond donors (Lipinski definition) is 2. The molecule has 2 aromatic rings. The predicted molar refractivity (Wildman–Crippen MR) is 86.7 cm³/mol. The molecule has 118 valence electrons. The van der Waals surface area contributed by atoms with Crippen molar-refractivity contribution in [1.82, 2.24) is 19.7 Å². The number of halogens is 2. The van der Waals surface area contributed by atoms with E-state index in [1.54, 1.807) is 0 Å². The Morgan fingerprint density at radius 3 is 2.95 bits per heavy atom. The van der Waals surface area contributed by atoms with Crippen LogP contribution in [0.1, 0.15) is 13.3 Å². The van der Waals surface area contributed by atoms with Gasteiger partial charge in [0.15, 0.2) is 11.0 Å². The predicted octanol–water partition coefficient (Wildman–Crippen LogP) is 2.41. The van der Waals surface area contributed by atoms with E-state index in [-0.39, 0.29) is 28.2 Å². The van der Waals surface area contributed by atoms with Gasteiger partial charge in [-0.3, -0.25) is 9.36 Å². The third-order valence-electron chi connectivity index (χ3n) is 2.57. The van der Waals surface area contributed by atoms with Crippen molar-refractivity contribution < 1.29 is 4.79 Å². The summed E-state index contributed by atoms with van der Waals surface area (Å²) >= 11 is 12.8. The highest BCUT2D eigenvalue weighted by Crippen LogP contribution is 2.23. The second-order valence-corrected chi connectivity index (χ2v) is 6.07. The summed E-state index contributed by atoms with van der Waals surface area (Å²) in [6.07, 6.45) is 2.19. The molecule has 7 nitrogen and oxygen atoms in total. The maximum absolute atomic E-state index is 11.9. The number of aromatic nitrogens is 4. The van der Waals surface area contributed by atoms with Gasteiger partial charge in [0.2, 0.25) is 5.91 Å². The average molecular weight is 362 g/mol. The summed E-state index contributed by atoms with van der Waals surface area (Å²) in [7, 11) is 0. The molecular weight excluding hydrogens is 349 g/mol. The standard InChI is InChI=1S/C12H13Cl2N5O2S/c1-2-3-19-11(21)17-18-12(19)22-6-9(20)16-10-8(14)4-7(13)5-15-10/h4-5H,2-3,6H2,1H3,(H,17,21)(H,15,16,20). The molecule has 0 unspecified atom stereocenters. The van der Waals surface area contributed by atoms with Gasteiger partial charge in [0.05, 0.1) is 15.8 Å². The van der Waals surface area contributed by atoms with E-state index in [0.29, 0.717) is 16.7 Å². The lowest BCUT2D eigenvalue weighted by molar-refractivity contribution is -0.113. The number of pyridine rings is 1. The van der Waals surface area contributed by atoms with Crippen molar-refractivity contribution in [2.24, 2.45) is 0 Å². The van der Waals surface area contributed by atoms with Crippen molar-refractivity contribution in [3.05, 3.63) is 32.8 Å². The van der Waals surface area contributed by atoms with Crippen molar-refractivity contribution >= 4 is 46.7 Å². The third kappa shape index (κ3) is 4.25. The number of carbonyl (C=O) groups is 1. The van der Waals surface area contributed by atoms with Crippen molar-refractivity contribution in [3.63, 3.8) is 0 Å². The van der Waals surface area contributed by atoms with Gasteiger partial charge in [-0.1, -0.05) is 41.9 Å². The van der Waals surface area contributed by atoms with Gasteiger partial charge in [-0.2, -0.15) is 0 Å². The zero-order valence-electron chi connectivity index (χ0n) is 11.6. The summed E-state index contributed by atoms with van der Waals surface area (Å²) in [6.45, 7) is 2.50. The molecule has 0 spiro atoms. The number of aromatic amines is 1. The second kappa shape index (κ2) is 7.66. The first-order valence-corrected chi connectivity index (χ1v) is 8.14. The number of carbonyl (C=O) groups excluding carboxylic acids is 1. The van der Waals surface area contributed by atoms with Crippen LogP contribution in [0.3, 0.4) is 0 Å². The number of amides is 1. The van der Waals surface area contributed by atoms with Crippen LogP contribution in [0.4, 0.5) is 5.82 Å². The monoisotopic (exact) mass is 361 g/mol. The molecule has 2 N–H and O–H groups in total. The molecule has 2 rings (SSSR count). The summed E-state index contributed by atoms with van der Waals surface area (Å²) in [6, 6.07) is 1.49. The largest absolute Gasteiger partial charge is 0.343 e. The van der Waals surface area contributed by atoms with E-state index in [1.165, 1.54) is 16.8 Å². The molecule has 0 bridgehead atoms. The fourth-order valence-electron chi connectivity index (χ4n) is 1.64. The van der Waals surface area contributed by atoms with Crippen LogP contribution >= 0.6 is 35.0 Å². The number of H-pyrrole nitrogens is 1.